The number of hydrogen-bond acceptors (Lipinski definition) is 3. The number of nitrogens with one attached hydrogen (secondary N) is 1. The molecular weight excluding hydrogens is 228 g/mol. The van der Waals surface area contributed by atoms with Gasteiger partial charge in [-0.2, -0.15) is 0 Å². The Morgan fingerprint density at radius 2 is 2.28 bits per heavy atom. The molecule has 0 bridgehead atoms. The van der Waals surface area contributed by atoms with Gasteiger partial charge in [-0.05, 0) is 6.07 Å². The number of ketones is 1. The summed E-state index contributed by atoms with van der Waals surface area (Å²) in [5, 5.41) is 4.19. The summed E-state index contributed by atoms with van der Waals surface area (Å²) >= 11 is 0. The molecule has 1 aliphatic rings. The molecule has 4 heteroatoms. The normalized spacial score (nSPS) is 20.2. The number of Topliss-reactive ketones (excluding diaryl/α,β-unsaturated/α-hetero) is 1. The highest BCUT2D eigenvalue weighted by atomic mass is 16.5. The van der Waals surface area contributed by atoms with E-state index in [1.165, 1.54) is 0 Å². The summed E-state index contributed by atoms with van der Waals surface area (Å²) in [4.78, 5) is 12.4. The summed E-state index contributed by atoms with van der Waals surface area (Å²) in [5.74, 6) is 0.0685. The zero-order chi connectivity index (χ0) is 12.5. The van der Waals surface area contributed by atoms with Crippen LogP contribution in [0.3, 0.4) is 0 Å². The van der Waals surface area contributed by atoms with Crippen LogP contribution in [0.15, 0.2) is 30.5 Å². The third-order valence-corrected chi connectivity index (χ3v) is 3.38. The van der Waals surface area contributed by atoms with Crippen LogP contribution < -0.4 is 5.32 Å². The van der Waals surface area contributed by atoms with E-state index >= 15 is 0 Å². The van der Waals surface area contributed by atoms with Gasteiger partial charge in [0.25, 0.3) is 0 Å². The van der Waals surface area contributed by atoms with Crippen LogP contribution in [0.4, 0.5) is 0 Å². The van der Waals surface area contributed by atoms with Crippen LogP contribution in [0.5, 0.6) is 0 Å². The summed E-state index contributed by atoms with van der Waals surface area (Å²) in [6, 6.07) is 7.94. The summed E-state index contributed by atoms with van der Waals surface area (Å²) in [6.45, 7) is 2.02. The van der Waals surface area contributed by atoms with Crippen molar-refractivity contribution in [2.45, 2.75) is 6.10 Å². The average Bonchev–Trinajstić information content (AvgIpc) is 2.77. The van der Waals surface area contributed by atoms with Crippen molar-refractivity contribution in [1.29, 1.82) is 0 Å². The van der Waals surface area contributed by atoms with Crippen LogP contribution in [0.1, 0.15) is 10.4 Å². The maximum Gasteiger partial charge on any atom is 0.195 e. The fourth-order valence-corrected chi connectivity index (χ4v) is 2.45. The number of carbonyl (C=O) groups is 1. The Morgan fingerprint density at radius 3 is 3.06 bits per heavy atom. The molecule has 1 aliphatic heterocycles. The number of hydrogen-bond donors (Lipinski definition) is 1. The SMILES string of the molecule is Cn1cc(C(=O)C2CNCCO2)c2ccccc21. The van der Waals surface area contributed by atoms with Crippen LogP contribution in [0.2, 0.25) is 0 Å². The average molecular weight is 244 g/mol. The molecule has 2 aromatic rings. The van der Waals surface area contributed by atoms with Crippen molar-refractivity contribution in [3.05, 3.63) is 36.0 Å². The van der Waals surface area contributed by atoms with E-state index in [9.17, 15) is 4.79 Å². The number of nitrogens with zero attached hydrogens (tertiary/aromatic N) is 1. The minimum atomic E-state index is -0.357. The molecule has 0 aliphatic carbocycles. The molecule has 4 nitrogen and oxygen atoms in total. The second-order valence-electron chi connectivity index (χ2n) is 4.60. The minimum absolute atomic E-state index is 0.0685. The van der Waals surface area contributed by atoms with Crippen molar-refractivity contribution >= 4 is 16.7 Å². The zero-order valence-electron chi connectivity index (χ0n) is 10.3. The van der Waals surface area contributed by atoms with Crippen LogP contribution in [0.25, 0.3) is 10.9 Å². The van der Waals surface area contributed by atoms with Crippen molar-refractivity contribution < 1.29 is 9.53 Å². The van der Waals surface area contributed by atoms with E-state index in [1.807, 2.05) is 42.1 Å². The van der Waals surface area contributed by atoms with Crippen LogP contribution in [-0.4, -0.2) is 36.2 Å². The number of aryl methyl sites for hydroxylation is 1. The van der Waals surface area contributed by atoms with Crippen molar-refractivity contribution in [3.8, 4) is 0 Å². The van der Waals surface area contributed by atoms with E-state index in [4.69, 9.17) is 4.74 Å². The third-order valence-electron chi connectivity index (χ3n) is 3.38. The molecule has 1 atom stereocenters. The quantitative estimate of drug-likeness (QED) is 0.811. The molecule has 0 amide bonds. The molecule has 0 saturated carbocycles. The minimum Gasteiger partial charge on any atom is -0.367 e. The smallest absolute Gasteiger partial charge is 0.195 e. The Balaban J connectivity index is 2.00. The molecular formula is C14H16N2O2. The number of aromatic nitrogens is 1. The molecule has 18 heavy (non-hydrogen) atoms. The van der Waals surface area contributed by atoms with Crippen molar-refractivity contribution in [2.75, 3.05) is 19.7 Å². The molecule has 0 radical (unpaired) electrons. The Morgan fingerprint density at radius 1 is 1.44 bits per heavy atom. The molecule has 1 saturated heterocycles. The molecule has 1 aromatic carbocycles. The number of rotatable bonds is 2. The highest BCUT2D eigenvalue weighted by Gasteiger charge is 2.25. The van der Waals surface area contributed by atoms with E-state index in [0.717, 1.165) is 23.0 Å². The van der Waals surface area contributed by atoms with E-state index in [0.29, 0.717) is 13.2 Å². The highest BCUT2D eigenvalue weighted by Crippen LogP contribution is 2.22. The van der Waals surface area contributed by atoms with Crippen molar-refractivity contribution in [3.63, 3.8) is 0 Å². The summed E-state index contributed by atoms with van der Waals surface area (Å²) in [6.07, 6.45) is 1.54. The van der Waals surface area contributed by atoms with Gasteiger partial charge in [-0.1, -0.05) is 18.2 Å². The second kappa shape index (κ2) is 4.55. The molecule has 0 spiro atoms. The first-order valence-corrected chi connectivity index (χ1v) is 6.18. The number of carbonyl (C=O) groups excluding carboxylic acids is 1. The number of para-hydroxylation sites is 1. The van der Waals surface area contributed by atoms with Gasteiger partial charge in [0.05, 0.1) is 6.61 Å². The van der Waals surface area contributed by atoms with Crippen molar-refractivity contribution in [1.82, 2.24) is 9.88 Å². The maximum absolute atomic E-state index is 12.4. The number of fused-ring (bicyclic) bond motifs is 1. The van der Waals surface area contributed by atoms with Gasteiger partial charge in [0.2, 0.25) is 0 Å². The molecule has 3 rings (SSSR count). The first-order valence-electron chi connectivity index (χ1n) is 6.18. The predicted octanol–water partition coefficient (Wildman–Crippen LogP) is 1.35. The molecule has 94 valence electrons. The Kier molecular flexibility index (Phi) is 2.89. The topological polar surface area (TPSA) is 43.3 Å². The van der Waals surface area contributed by atoms with E-state index in [2.05, 4.69) is 5.32 Å². The van der Waals surface area contributed by atoms with E-state index < -0.39 is 0 Å². The summed E-state index contributed by atoms with van der Waals surface area (Å²) in [7, 11) is 1.96. The lowest BCUT2D eigenvalue weighted by Gasteiger charge is -2.22. The van der Waals surface area contributed by atoms with Gasteiger partial charge in [0, 0.05) is 42.8 Å². The van der Waals surface area contributed by atoms with Gasteiger partial charge in [0.15, 0.2) is 5.78 Å². The highest BCUT2D eigenvalue weighted by molar-refractivity contribution is 6.10. The standard InChI is InChI=1S/C14H16N2O2/c1-16-9-11(10-4-2-3-5-12(10)16)14(17)13-8-15-6-7-18-13/h2-5,9,13,15H,6-8H2,1H3. The number of ether oxygens (including phenoxy) is 1. The number of morpholine rings is 1. The Hall–Kier alpha value is -1.65. The lowest BCUT2D eigenvalue weighted by molar-refractivity contribution is 0.0270. The number of benzene rings is 1. The van der Waals surface area contributed by atoms with Gasteiger partial charge < -0.3 is 14.6 Å². The predicted molar refractivity (Wildman–Crippen MR) is 69.9 cm³/mol. The first-order chi connectivity index (χ1) is 8.77. The van der Waals surface area contributed by atoms with E-state index in [-0.39, 0.29) is 11.9 Å². The van der Waals surface area contributed by atoms with Gasteiger partial charge in [-0.3, -0.25) is 4.79 Å². The maximum atomic E-state index is 12.4. The van der Waals surface area contributed by atoms with Crippen molar-refractivity contribution in [2.24, 2.45) is 7.05 Å². The molecule has 1 N–H and O–H groups in total. The Bertz CT molecular complexity index is 582. The molecule has 1 unspecified atom stereocenters. The van der Waals surface area contributed by atoms with Gasteiger partial charge >= 0.3 is 0 Å². The fraction of sp³-hybridized carbons (Fsp3) is 0.357. The van der Waals surface area contributed by atoms with Crippen LogP contribution in [-0.2, 0) is 11.8 Å². The first kappa shape index (κ1) is 11.4. The summed E-state index contributed by atoms with van der Waals surface area (Å²) < 4.78 is 7.52. The molecule has 2 heterocycles. The lowest BCUT2D eigenvalue weighted by Crippen LogP contribution is -2.43. The molecule has 1 aromatic heterocycles. The van der Waals surface area contributed by atoms with Gasteiger partial charge in [-0.25, -0.2) is 0 Å². The lowest BCUT2D eigenvalue weighted by atomic mass is 10.0. The van der Waals surface area contributed by atoms with Gasteiger partial charge in [0.1, 0.15) is 6.10 Å². The third kappa shape index (κ3) is 1.83. The fourth-order valence-electron chi connectivity index (χ4n) is 2.45. The van der Waals surface area contributed by atoms with E-state index in [1.54, 1.807) is 0 Å². The summed E-state index contributed by atoms with van der Waals surface area (Å²) in [5.41, 5.74) is 1.83. The van der Waals surface area contributed by atoms with Crippen LogP contribution >= 0.6 is 0 Å². The largest absolute Gasteiger partial charge is 0.367 e. The van der Waals surface area contributed by atoms with Crippen LogP contribution in [0, 0.1) is 0 Å². The van der Waals surface area contributed by atoms with Gasteiger partial charge in [-0.15, -0.1) is 0 Å². The Labute approximate surface area is 106 Å². The zero-order valence-corrected chi connectivity index (χ0v) is 10.3. The molecule has 1 fully saturated rings. The monoisotopic (exact) mass is 244 g/mol. The second-order valence-corrected chi connectivity index (χ2v) is 4.60.